The van der Waals surface area contributed by atoms with Crippen LogP contribution >= 0.6 is 0 Å². The van der Waals surface area contributed by atoms with Crippen LogP contribution in [0.25, 0.3) is 0 Å². The van der Waals surface area contributed by atoms with Gasteiger partial charge in [0.05, 0.1) is 6.61 Å². The van der Waals surface area contributed by atoms with Gasteiger partial charge in [0.2, 0.25) is 0 Å². The molecule has 0 aliphatic carbocycles. The van der Waals surface area contributed by atoms with Gasteiger partial charge < -0.3 is 14.8 Å². The van der Waals surface area contributed by atoms with Gasteiger partial charge in [0.1, 0.15) is 5.75 Å². The number of fused-ring (bicyclic) bond motifs is 1. The zero-order valence-corrected chi connectivity index (χ0v) is 12.6. The molecule has 0 spiro atoms. The first-order valence-corrected chi connectivity index (χ1v) is 7.73. The van der Waals surface area contributed by atoms with Crippen molar-refractivity contribution >= 4 is 0 Å². The van der Waals surface area contributed by atoms with Gasteiger partial charge in [0.15, 0.2) is 0 Å². The smallest absolute Gasteiger partial charge is 0.122 e. The minimum absolute atomic E-state index is 0.381. The van der Waals surface area contributed by atoms with Gasteiger partial charge in [-0.2, -0.15) is 0 Å². The van der Waals surface area contributed by atoms with Crippen molar-refractivity contribution in [2.24, 2.45) is 5.41 Å². The predicted octanol–water partition coefficient (Wildman–Crippen LogP) is 3.09. The van der Waals surface area contributed by atoms with Gasteiger partial charge in [0.25, 0.3) is 0 Å². The van der Waals surface area contributed by atoms with Gasteiger partial charge in [-0.1, -0.05) is 19.1 Å². The molecule has 2 aliphatic rings. The van der Waals surface area contributed by atoms with Crippen molar-refractivity contribution in [3.05, 3.63) is 29.3 Å². The monoisotopic (exact) mass is 275 g/mol. The summed E-state index contributed by atoms with van der Waals surface area (Å²) in [6, 6.07) is 6.99. The van der Waals surface area contributed by atoms with Crippen LogP contribution in [0.2, 0.25) is 0 Å². The molecule has 2 aliphatic heterocycles. The Morgan fingerprint density at radius 2 is 2.05 bits per heavy atom. The average Bonchev–Trinajstić information content (AvgIpc) is 2.93. The molecule has 1 N–H and O–H groups in total. The molecular weight excluding hydrogens is 250 g/mol. The molecule has 3 rings (SSSR count). The first kappa shape index (κ1) is 13.9. The molecule has 20 heavy (non-hydrogen) atoms. The van der Waals surface area contributed by atoms with E-state index in [2.05, 4.69) is 37.4 Å². The Hall–Kier alpha value is -1.06. The van der Waals surface area contributed by atoms with Gasteiger partial charge in [-0.3, -0.25) is 0 Å². The summed E-state index contributed by atoms with van der Waals surface area (Å²) in [6.07, 6.45) is 3.36. The molecule has 0 bridgehead atoms. The van der Waals surface area contributed by atoms with Crippen molar-refractivity contribution in [2.45, 2.75) is 39.2 Å². The predicted molar refractivity (Wildman–Crippen MR) is 80.2 cm³/mol. The van der Waals surface area contributed by atoms with Crippen molar-refractivity contribution in [3.8, 4) is 5.75 Å². The number of nitrogens with one attached hydrogen (secondary N) is 1. The van der Waals surface area contributed by atoms with Crippen LogP contribution in [0.15, 0.2) is 18.2 Å². The highest BCUT2D eigenvalue weighted by Crippen LogP contribution is 2.31. The van der Waals surface area contributed by atoms with Crippen LogP contribution in [0.4, 0.5) is 0 Å². The van der Waals surface area contributed by atoms with Crippen LogP contribution in [-0.4, -0.2) is 26.4 Å². The Morgan fingerprint density at radius 3 is 2.85 bits per heavy atom. The Balaban J connectivity index is 1.60. The lowest BCUT2D eigenvalue weighted by Gasteiger charge is -2.34. The lowest BCUT2D eigenvalue weighted by atomic mass is 9.82. The number of hydrogen-bond acceptors (Lipinski definition) is 3. The average molecular weight is 275 g/mol. The molecule has 0 aromatic heterocycles. The van der Waals surface area contributed by atoms with Crippen LogP contribution in [-0.2, 0) is 11.2 Å². The quantitative estimate of drug-likeness (QED) is 0.916. The molecule has 3 heteroatoms. The zero-order chi connectivity index (χ0) is 14.0. The second-order valence-corrected chi connectivity index (χ2v) is 6.49. The first-order valence-electron chi connectivity index (χ1n) is 7.73. The molecule has 3 nitrogen and oxygen atoms in total. The van der Waals surface area contributed by atoms with E-state index in [0.29, 0.717) is 11.5 Å². The van der Waals surface area contributed by atoms with Crippen LogP contribution in [0.1, 0.15) is 43.9 Å². The zero-order valence-electron chi connectivity index (χ0n) is 12.6. The molecular formula is C17H25NO2. The number of benzene rings is 1. The second-order valence-electron chi connectivity index (χ2n) is 6.49. The highest BCUT2D eigenvalue weighted by Gasteiger charge is 2.27. The normalized spacial score (nSPS) is 22.1. The largest absolute Gasteiger partial charge is 0.493 e. The third kappa shape index (κ3) is 2.99. The SMILES string of the molecule is CC(NCC1(C)CCOCC1)c1ccc2c(c1)CCO2. The minimum atomic E-state index is 0.381. The molecule has 1 saturated heterocycles. The van der Waals surface area contributed by atoms with Gasteiger partial charge in [0, 0.05) is 32.2 Å². The minimum Gasteiger partial charge on any atom is -0.493 e. The maximum absolute atomic E-state index is 5.57. The van der Waals surface area contributed by atoms with E-state index in [1.54, 1.807) is 0 Å². The van der Waals surface area contributed by atoms with E-state index in [9.17, 15) is 0 Å². The fourth-order valence-electron chi connectivity index (χ4n) is 3.03. The van der Waals surface area contributed by atoms with E-state index < -0.39 is 0 Å². The van der Waals surface area contributed by atoms with E-state index in [1.165, 1.54) is 11.1 Å². The van der Waals surface area contributed by atoms with Gasteiger partial charge in [-0.25, -0.2) is 0 Å². The molecule has 1 aromatic rings. The maximum Gasteiger partial charge on any atom is 0.122 e. The summed E-state index contributed by atoms with van der Waals surface area (Å²) in [7, 11) is 0. The summed E-state index contributed by atoms with van der Waals surface area (Å²) < 4.78 is 11.0. The van der Waals surface area contributed by atoms with E-state index >= 15 is 0 Å². The summed E-state index contributed by atoms with van der Waals surface area (Å²) >= 11 is 0. The third-order valence-corrected chi connectivity index (χ3v) is 4.75. The summed E-state index contributed by atoms with van der Waals surface area (Å²) in [5.41, 5.74) is 3.10. The topological polar surface area (TPSA) is 30.5 Å². The summed E-state index contributed by atoms with van der Waals surface area (Å²) in [5, 5.41) is 3.70. The van der Waals surface area contributed by atoms with Crippen LogP contribution in [0, 0.1) is 5.41 Å². The van der Waals surface area contributed by atoms with Crippen LogP contribution < -0.4 is 10.1 Å². The van der Waals surface area contributed by atoms with Gasteiger partial charge >= 0.3 is 0 Å². The van der Waals surface area contributed by atoms with Crippen LogP contribution in [0.3, 0.4) is 0 Å². The molecule has 1 fully saturated rings. The van der Waals surface area contributed by atoms with E-state index in [4.69, 9.17) is 9.47 Å². The van der Waals surface area contributed by atoms with Crippen molar-refractivity contribution in [2.75, 3.05) is 26.4 Å². The lowest BCUT2D eigenvalue weighted by molar-refractivity contribution is 0.0231. The third-order valence-electron chi connectivity index (χ3n) is 4.75. The standard InChI is InChI=1S/C17H25NO2/c1-13(18-12-17(2)6-9-19-10-7-17)14-3-4-16-15(11-14)5-8-20-16/h3-4,11,13,18H,5-10,12H2,1-2H3. The van der Waals surface area contributed by atoms with E-state index in [-0.39, 0.29) is 0 Å². The molecule has 110 valence electrons. The number of hydrogen-bond donors (Lipinski definition) is 1. The molecule has 0 saturated carbocycles. The Kier molecular flexibility index (Phi) is 3.99. The number of ether oxygens (including phenoxy) is 2. The second kappa shape index (κ2) is 5.74. The van der Waals surface area contributed by atoms with Crippen molar-refractivity contribution in [1.82, 2.24) is 5.32 Å². The maximum atomic E-state index is 5.57. The lowest BCUT2D eigenvalue weighted by Crippen LogP contribution is -2.37. The van der Waals surface area contributed by atoms with E-state index in [0.717, 1.165) is 51.4 Å². The van der Waals surface area contributed by atoms with Crippen molar-refractivity contribution in [3.63, 3.8) is 0 Å². The van der Waals surface area contributed by atoms with Gasteiger partial charge in [-0.05, 0) is 42.4 Å². The molecule has 1 aromatic carbocycles. The Morgan fingerprint density at radius 1 is 1.25 bits per heavy atom. The van der Waals surface area contributed by atoms with Crippen molar-refractivity contribution < 1.29 is 9.47 Å². The van der Waals surface area contributed by atoms with Crippen molar-refractivity contribution in [1.29, 1.82) is 0 Å². The van der Waals surface area contributed by atoms with Gasteiger partial charge in [-0.15, -0.1) is 0 Å². The molecule has 0 amide bonds. The highest BCUT2D eigenvalue weighted by molar-refractivity contribution is 5.40. The van der Waals surface area contributed by atoms with E-state index in [1.807, 2.05) is 0 Å². The number of rotatable bonds is 4. The molecule has 1 unspecified atom stereocenters. The van der Waals surface area contributed by atoms with Crippen LogP contribution in [0.5, 0.6) is 5.75 Å². The summed E-state index contributed by atoms with van der Waals surface area (Å²) in [5.74, 6) is 1.07. The Labute approximate surface area is 121 Å². The fourth-order valence-corrected chi connectivity index (χ4v) is 3.03. The molecule has 1 atom stereocenters. The summed E-state index contributed by atoms with van der Waals surface area (Å²) in [6.45, 7) is 8.32. The fraction of sp³-hybridized carbons (Fsp3) is 0.647. The highest BCUT2D eigenvalue weighted by atomic mass is 16.5. The first-order chi connectivity index (χ1) is 9.66. The molecule has 2 heterocycles. The molecule has 0 radical (unpaired) electrons. The summed E-state index contributed by atoms with van der Waals surface area (Å²) in [4.78, 5) is 0. The Bertz CT molecular complexity index is 466.